The van der Waals surface area contributed by atoms with E-state index in [4.69, 9.17) is 23.7 Å². The van der Waals surface area contributed by atoms with E-state index in [0.29, 0.717) is 0 Å². The van der Waals surface area contributed by atoms with E-state index in [1.807, 2.05) is 0 Å². The van der Waals surface area contributed by atoms with Gasteiger partial charge in [0.25, 0.3) is 0 Å². The van der Waals surface area contributed by atoms with Crippen molar-refractivity contribution in [2.45, 2.75) is 120 Å². The maximum atomic E-state index is 10.7. The highest BCUT2D eigenvalue weighted by Gasteiger charge is 2.51. The first-order valence-electron chi connectivity index (χ1n) is 10.8. The third-order valence-electron chi connectivity index (χ3n) is 6.61. The van der Waals surface area contributed by atoms with Gasteiger partial charge < -0.3 is 54.3 Å². The second-order valence-corrected chi connectivity index (χ2v) is 8.97. The third-order valence-corrected chi connectivity index (χ3v) is 6.61. The average molecular weight is 452 g/mol. The van der Waals surface area contributed by atoms with Crippen LogP contribution in [-0.4, -0.2) is 116 Å². The lowest BCUT2D eigenvalue weighted by Gasteiger charge is -2.48. The van der Waals surface area contributed by atoms with Crippen molar-refractivity contribution in [3.8, 4) is 0 Å². The van der Waals surface area contributed by atoms with Gasteiger partial charge >= 0.3 is 0 Å². The molecule has 31 heavy (non-hydrogen) atoms. The molecular weight excluding hydrogens is 416 g/mol. The van der Waals surface area contributed by atoms with E-state index in [2.05, 4.69) is 0 Å². The summed E-state index contributed by atoms with van der Waals surface area (Å²) in [5, 5.41) is 62.2. The van der Waals surface area contributed by atoms with Crippen molar-refractivity contribution in [1.29, 1.82) is 0 Å². The summed E-state index contributed by atoms with van der Waals surface area (Å²) in [5.74, 6) is -0.566. The number of hydrogen-bond acceptors (Lipinski definition) is 11. The smallest absolute Gasteiger partial charge is 0.187 e. The molecule has 3 fully saturated rings. The molecule has 3 heterocycles. The number of aliphatic hydroxyl groups is 6. The fourth-order valence-electron chi connectivity index (χ4n) is 4.37. The molecule has 0 radical (unpaired) electrons. The zero-order chi connectivity index (χ0) is 23.2. The Bertz CT molecular complexity index is 593. The molecule has 0 aromatic carbocycles. The molecule has 7 unspecified atom stereocenters. The predicted molar refractivity (Wildman–Crippen MR) is 104 cm³/mol. The first kappa shape index (κ1) is 25.2. The van der Waals surface area contributed by atoms with E-state index in [-0.39, 0.29) is 0 Å². The lowest BCUT2D eigenvalue weighted by Crippen LogP contribution is -2.64. The standard InChI is InChI=1S/C20H36O11/c1-6-11(21)7(2)28-19(12(6)22)31-18-16(26)14(24)9(4)29-20(18)30-17-10(5)27-8(3)13(23)15(17)25/h6-26H,1-5H3/t6?,7?,8?,9?,10?,11-,12-,13+,14+,15+,16?,17?,18-,19-,20-/m1/s1. The van der Waals surface area contributed by atoms with Gasteiger partial charge in [0, 0.05) is 5.92 Å². The van der Waals surface area contributed by atoms with Crippen molar-refractivity contribution in [2.24, 2.45) is 5.92 Å². The molecule has 3 saturated heterocycles. The Labute approximate surface area is 181 Å². The van der Waals surface area contributed by atoms with Crippen LogP contribution < -0.4 is 0 Å². The summed E-state index contributed by atoms with van der Waals surface area (Å²) in [4.78, 5) is 0. The Kier molecular flexibility index (Phi) is 7.98. The number of rotatable bonds is 4. The van der Waals surface area contributed by atoms with Gasteiger partial charge in [-0.15, -0.1) is 0 Å². The van der Waals surface area contributed by atoms with E-state index in [1.54, 1.807) is 34.6 Å². The van der Waals surface area contributed by atoms with Gasteiger partial charge in [-0.3, -0.25) is 0 Å². The van der Waals surface area contributed by atoms with Crippen LogP contribution in [0.1, 0.15) is 34.6 Å². The maximum Gasteiger partial charge on any atom is 0.187 e. The fraction of sp³-hybridized carbons (Fsp3) is 1.00. The normalized spacial score (nSPS) is 56.4. The molecule has 0 aromatic rings. The van der Waals surface area contributed by atoms with Crippen molar-refractivity contribution in [1.82, 2.24) is 0 Å². The van der Waals surface area contributed by atoms with Gasteiger partial charge in [0.15, 0.2) is 12.6 Å². The topological polar surface area (TPSA) is 168 Å². The summed E-state index contributed by atoms with van der Waals surface area (Å²) in [7, 11) is 0. The van der Waals surface area contributed by atoms with E-state index < -0.39 is 91.7 Å². The Morgan fingerprint density at radius 3 is 1.52 bits per heavy atom. The van der Waals surface area contributed by atoms with Crippen LogP contribution in [0.5, 0.6) is 0 Å². The van der Waals surface area contributed by atoms with Crippen molar-refractivity contribution >= 4 is 0 Å². The molecule has 0 aliphatic carbocycles. The molecule has 11 heteroatoms. The summed E-state index contributed by atoms with van der Waals surface area (Å²) in [6.07, 6.45) is -14.8. The van der Waals surface area contributed by atoms with Crippen LogP contribution in [0.2, 0.25) is 0 Å². The Balaban J connectivity index is 1.78. The molecule has 182 valence electrons. The summed E-state index contributed by atoms with van der Waals surface area (Å²) < 4.78 is 28.6. The molecular formula is C20H36O11. The van der Waals surface area contributed by atoms with Crippen LogP contribution in [0, 0.1) is 5.92 Å². The Morgan fingerprint density at radius 2 is 0.903 bits per heavy atom. The zero-order valence-corrected chi connectivity index (χ0v) is 18.4. The average Bonchev–Trinajstić information content (AvgIpc) is 2.72. The van der Waals surface area contributed by atoms with Gasteiger partial charge in [-0.1, -0.05) is 6.92 Å². The Hall–Kier alpha value is -0.440. The van der Waals surface area contributed by atoms with Gasteiger partial charge in [0.05, 0.1) is 30.5 Å². The van der Waals surface area contributed by atoms with Crippen LogP contribution in [0.3, 0.4) is 0 Å². The van der Waals surface area contributed by atoms with Crippen LogP contribution in [0.4, 0.5) is 0 Å². The second-order valence-electron chi connectivity index (χ2n) is 8.97. The molecule has 3 aliphatic rings. The molecule has 0 amide bonds. The number of ether oxygens (including phenoxy) is 5. The highest BCUT2D eigenvalue weighted by molar-refractivity contribution is 4.94. The quantitative estimate of drug-likeness (QED) is 0.275. The van der Waals surface area contributed by atoms with Crippen LogP contribution in [-0.2, 0) is 23.7 Å². The van der Waals surface area contributed by atoms with Crippen molar-refractivity contribution < 1.29 is 54.3 Å². The van der Waals surface area contributed by atoms with Gasteiger partial charge in [-0.2, -0.15) is 0 Å². The molecule has 0 spiro atoms. The van der Waals surface area contributed by atoms with Crippen molar-refractivity contribution in [3.05, 3.63) is 0 Å². The van der Waals surface area contributed by atoms with E-state index in [9.17, 15) is 30.6 Å². The second kappa shape index (κ2) is 9.82. The van der Waals surface area contributed by atoms with Crippen LogP contribution in [0.25, 0.3) is 0 Å². The first-order valence-corrected chi connectivity index (χ1v) is 10.8. The van der Waals surface area contributed by atoms with Gasteiger partial charge in [-0.25, -0.2) is 0 Å². The zero-order valence-electron chi connectivity index (χ0n) is 18.4. The molecule has 0 saturated carbocycles. The van der Waals surface area contributed by atoms with Crippen LogP contribution in [0.15, 0.2) is 0 Å². The fourth-order valence-corrected chi connectivity index (χ4v) is 4.37. The van der Waals surface area contributed by atoms with Gasteiger partial charge in [0.2, 0.25) is 0 Å². The minimum Gasteiger partial charge on any atom is -0.390 e. The van der Waals surface area contributed by atoms with Gasteiger partial charge in [-0.05, 0) is 27.7 Å². The summed E-state index contributed by atoms with van der Waals surface area (Å²) in [6, 6.07) is 0. The predicted octanol–water partition coefficient (Wildman–Crippen LogP) is -2.14. The molecule has 0 bridgehead atoms. The van der Waals surface area contributed by atoms with Crippen LogP contribution >= 0.6 is 0 Å². The minimum absolute atomic E-state index is 0.566. The minimum atomic E-state index is -1.46. The SMILES string of the molecule is CC1OC(C)[C@H](O)[C@H](O)C1O[C@H]1OC(C)[C@H](O)C(O)[C@H]1O[C@H]1OC(C)[C@H](O)C(C)[C@H]1O. The number of aliphatic hydroxyl groups excluding tert-OH is 6. The largest absolute Gasteiger partial charge is 0.390 e. The lowest BCUT2D eigenvalue weighted by atomic mass is 9.91. The van der Waals surface area contributed by atoms with E-state index in [1.165, 1.54) is 0 Å². The molecule has 3 aliphatic heterocycles. The highest BCUT2D eigenvalue weighted by atomic mass is 16.8. The molecule has 11 nitrogen and oxygen atoms in total. The monoisotopic (exact) mass is 452 g/mol. The third kappa shape index (κ3) is 4.92. The lowest BCUT2D eigenvalue weighted by molar-refractivity contribution is -0.374. The number of hydrogen-bond donors (Lipinski definition) is 6. The Morgan fingerprint density at radius 1 is 0.452 bits per heavy atom. The van der Waals surface area contributed by atoms with E-state index in [0.717, 1.165) is 0 Å². The molecule has 6 N–H and O–H groups in total. The maximum absolute atomic E-state index is 10.7. The molecule has 0 aromatic heterocycles. The molecule has 15 atom stereocenters. The summed E-state index contributed by atoms with van der Waals surface area (Å²) in [5.41, 5.74) is 0. The first-order chi connectivity index (χ1) is 14.4. The van der Waals surface area contributed by atoms with Crippen molar-refractivity contribution in [2.75, 3.05) is 0 Å². The summed E-state index contributed by atoms with van der Waals surface area (Å²) >= 11 is 0. The highest BCUT2D eigenvalue weighted by Crippen LogP contribution is 2.33. The van der Waals surface area contributed by atoms with Gasteiger partial charge in [0.1, 0.15) is 42.7 Å². The van der Waals surface area contributed by atoms with E-state index >= 15 is 0 Å². The summed E-state index contributed by atoms with van der Waals surface area (Å²) in [6.45, 7) is 8.11. The molecule has 3 rings (SSSR count). The van der Waals surface area contributed by atoms with Crippen molar-refractivity contribution in [3.63, 3.8) is 0 Å².